The van der Waals surface area contributed by atoms with Gasteiger partial charge in [-0.25, -0.2) is 0 Å². The molecule has 1 aromatic carbocycles. The molecule has 0 atom stereocenters. The summed E-state index contributed by atoms with van der Waals surface area (Å²) in [6.07, 6.45) is 0. The van der Waals surface area contributed by atoms with Crippen molar-refractivity contribution in [1.82, 2.24) is 0 Å². The summed E-state index contributed by atoms with van der Waals surface area (Å²) in [5.41, 5.74) is 1.03. The van der Waals surface area contributed by atoms with Crippen molar-refractivity contribution < 1.29 is 13.2 Å². The van der Waals surface area contributed by atoms with Gasteiger partial charge in [0.2, 0.25) is 0 Å². The molecule has 0 radical (unpaired) electrons. The van der Waals surface area contributed by atoms with Crippen LogP contribution in [0, 0.1) is 3.57 Å². The molecule has 2 nitrogen and oxygen atoms in total. The Morgan fingerprint density at radius 3 is 2.63 bits per heavy atom. The zero-order valence-corrected chi connectivity index (χ0v) is 12.9. The van der Waals surface area contributed by atoms with Gasteiger partial charge < -0.3 is 9.73 Å². The Kier molecular flexibility index (Phi) is 5.50. The number of furan rings is 1. The molecule has 0 spiro atoms. The van der Waals surface area contributed by atoms with Crippen LogP contribution in [-0.4, -0.2) is 5.76 Å². The van der Waals surface area contributed by atoms with Crippen molar-refractivity contribution in [3.05, 3.63) is 51.5 Å². The molecule has 0 aliphatic rings. The van der Waals surface area contributed by atoms with Crippen molar-refractivity contribution in [3.63, 3.8) is 0 Å². The summed E-state index contributed by atoms with van der Waals surface area (Å²) in [5, 5.41) is 3.25. The molecule has 1 N–H and O–H groups in total. The lowest BCUT2D eigenvalue weighted by molar-refractivity contribution is 0.251. The molecule has 0 aliphatic carbocycles. The highest BCUT2D eigenvalue weighted by atomic mass is 127. The summed E-state index contributed by atoms with van der Waals surface area (Å²) in [4.78, 5) is 0. The fourth-order valence-electron chi connectivity index (χ4n) is 1.53. The predicted molar refractivity (Wildman–Crippen MR) is 82.5 cm³/mol. The number of hydrogen-bond donors (Lipinski definition) is 1. The van der Waals surface area contributed by atoms with Crippen molar-refractivity contribution in [2.24, 2.45) is 0 Å². The minimum Gasteiger partial charge on any atom is -0.463 e. The number of rotatable bonds is 6. The summed E-state index contributed by atoms with van der Waals surface area (Å²) >= 11 is 2.81. The van der Waals surface area contributed by atoms with E-state index in [-0.39, 0.29) is 5.75 Å². The van der Waals surface area contributed by atoms with Crippen LogP contribution < -0.4 is 5.32 Å². The Morgan fingerprint density at radius 2 is 1.89 bits per heavy atom. The van der Waals surface area contributed by atoms with E-state index in [0.717, 1.165) is 15.0 Å². The zero-order valence-electron chi connectivity index (χ0n) is 9.91. The summed E-state index contributed by atoms with van der Waals surface area (Å²) in [6.45, 7) is 0.541. The lowest BCUT2D eigenvalue weighted by atomic mass is 10.3. The smallest absolute Gasteiger partial charge is 0.284 e. The highest BCUT2D eigenvalue weighted by Gasteiger charge is 2.07. The molecule has 0 saturated heterocycles. The van der Waals surface area contributed by atoms with E-state index in [0.29, 0.717) is 24.1 Å². The van der Waals surface area contributed by atoms with Gasteiger partial charge in [-0.05, 0) is 46.9 Å². The maximum absolute atomic E-state index is 12.0. The molecule has 1 aromatic heterocycles. The van der Waals surface area contributed by atoms with Gasteiger partial charge in [-0.3, -0.25) is 0 Å². The largest absolute Gasteiger partial charge is 0.463 e. The molecule has 0 aliphatic heterocycles. The van der Waals surface area contributed by atoms with E-state index >= 15 is 0 Å². The molecule has 2 aromatic rings. The highest BCUT2D eigenvalue weighted by molar-refractivity contribution is 14.1. The quantitative estimate of drug-likeness (QED) is 0.701. The first-order valence-electron chi connectivity index (χ1n) is 5.61. The first kappa shape index (κ1) is 14.6. The molecular formula is C13H12F2INOS. The van der Waals surface area contributed by atoms with E-state index in [2.05, 4.69) is 27.9 Å². The topological polar surface area (TPSA) is 25.2 Å². The number of thioether (sulfide) groups is 1. The number of halogens is 3. The number of hydrogen-bond acceptors (Lipinski definition) is 3. The van der Waals surface area contributed by atoms with Crippen LogP contribution >= 0.6 is 34.4 Å². The van der Waals surface area contributed by atoms with Crippen LogP contribution in [0.4, 0.5) is 14.5 Å². The molecule has 102 valence electrons. The Labute approximate surface area is 128 Å². The second kappa shape index (κ2) is 7.14. The average Bonchev–Trinajstić information content (AvgIpc) is 2.83. The van der Waals surface area contributed by atoms with Crippen molar-refractivity contribution in [2.45, 2.75) is 18.1 Å². The first-order valence-corrected chi connectivity index (χ1v) is 7.73. The van der Waals surface area contributed by atoms with Crippen molar-refractivity contribution in [1.29, 1.82) is 0 Å². The van der Waals surface area contributed by atoms with Crippen LogP contribution in [-0.2, 0) is 12.3 Å². The third kappa shape index (κ3) is 4.68. The van der Waals surface area contributed by atoms with E-state index in [4.69, 9.17) is 4.42 Å². The second-order valence-electron chi connectivity index (χ2n) is 3.77. The van der Waals surface area contributed by atoms with Gasteiger partial charge in [-0.15, -0.1) is 0 Å². The zero-order chi connectivity index (χ0) is 13.7. The van der Waals surface area contributed by atoms with Crippen LogP contribution in [0.5, 0.6) is 0 Å². The molecule has 2 rings (SSSR count). The first-order chi connectivity index (χ1) is 9.15. The van der Waals surface area contributed by atoms with E-state index in [1.54, 1.807) is 6.07 Å². The fraction of sp³-hybridized carbons (Fsp3) is 0.231. The normalized spacial score (nSPS) is 10.9. The Bertz CT molecular complexity index is 533. The summed E-state index contributed by atoms with van der Waals surface area (Å²) in [7, 11) is 0. The van der Waals surface area contributed by atoms with Crippen molar-refractivity contribution in [3.8, 4) is 0 Å². The van der Waals surface area contributed by atoms with Gasteiger partial charge in [0.1, 0.15) is 11.5 Å². The highest BCUT2D eigenvalue weighted by Crippen LogP contribution is 2.22. The summed E-state index contributed by atoms with van der Waals surface area (Å²) in [5.74, 6) is -0.854. The van der Waals surface area contributed by atoms with Gasteiger partial charge in [0.15, 0.2) is 0 Å². The summed E-state index contributed by atoms with van der Waals surface area (Å²) < 4.78 is 30.7. The Balaban J connectivity index is 1.88. The maximum atomic E-state index is 12.0. The standard InChI is InChI=1S/C13H12F2INOS/c14-13(15)19-8-10-6-5-9(18-10)7-17-12-4-2-1-3-11(12)16/h1-6,13,17H,7-8H2. The van der Waals surface area contributed by atoms with Gasteiger partial charge in [-0.2, -0.15) is 8.78 Å². The molecule has 0 fully saturated rings. The molecule has 0 amide bonds. The van der Waals surface area contributed by atoms with Crippen LogP contribution in [0.3, 0.4) is 0 Å². The summed E-state index contributed by atoms with van der Waals surface area (Å²) in [6, 6.07) is 11.5. The van der Waals surface area contributed by atoms with Crippen LogP contribution in [0.1, 0.15) is 11.5 Å². The number of benzene rings is 1. The molecule has 1 heterocycles. The van der Waals surface area contributed by atoms with E-state index in [1.165, 1.54) is 0 Å². The van der Waals surface area contributed by atoms with Crippen molar-refractivity contribution in [2.75, 3.05) is 5.32 Å². The predicted octanol–water partition coefficient (Wildman–Crippen LogP) is 4.95. The molecule has 6 heteroatoms. The van der Waals surface area contributed by atoms with Gasteiger partial charge in [0.05, 0.1) is 12.3 Å². The van der Waals surface area contributed by atoms with Crippen LogP contribution in [0.15, 0.2) is 40.8 Å². The third-order valence-electron chi connectivity index (χ3n) is 2.40. The number of para-hydroxylation sites is 1. The Hall–Kier alpha value is -0.760. The van der Waals surface area contributed by atoms with E-state index in [1.807, 2.05) is 30.3 Å². The van der Waals surface area contributed by atoms with Crippen LogP contribution in [0.2, 0.25) is 0 Å². The SMILES string of the molecule is FC(F)SCc1ccc(CNc2ccccc2I)o1. The van der Waals surface area contributed by atoms with E-state index in [9.17, 15) is 8.78 Å². The van der Waals surface area contributed by atoms with E-state index < -0.39 is 5.76 Å². The minimum absolute atomic E-state index is 0.195. The fourth-order valence-corrected chi connectivity index (χ4v) is 2.55. The molecule has 19 heavy (non-hydrogen) atoms. The number of nitrogens with one attached hydrogen (secondary N) is 1. The number of anilines is 1. The molecule has 0 saturated carbocycles. The molecular weight excluding hydrogens is 383 g/mol. The number of alkyl halides is 2. The second-order valence-corrected chi connectivity index (χ2v) is 5.91. The lowest BCUT2D eigenvalue weighted by Gasteiger charge is -2.06. The third-order valence-corrected chi connectivity index (χ3v) is 4.04. The van der Waals surface area contributed by atoms with Gasteiger partial charge >= 0.3 is 0 Å². The van der Waals surface area contributed by atoms with Gasteiger partial charge in [-0.1, -0.05) is 23.9 Å². The molecule has 0 bridgehead atoms. The average molecular weight is 395 g/mol. The van der Waals surface area contributed by atoms with Crippen LogP contribution in [0.25, 0.3) is 0 Å². The van der Waals surface area contributed by atoms with Crippen molar-refractivity contribution >= 4 is 40.0 Å². The maximum Gasteiger partial charge on any atom is 0.284 e. The van der Waals surface area contributed by atoms with Gasteiger partial charge in [0.25, 0.3) is 5.76 Å². The van der Waals surface area contributed by atoms with Gasteiger partial charge in [0, 0.05) is 9.26 Å². The monoisotopic (exact) mass is 395 g/mol. The molecule has 0 unspecified atom stereocenters. The lowest BCUT2D eigenvalue weighted by Crippen LogP contribution is -1.99. The minimum atomic E-state index is -2.36. The Morgan fingerprint density at radius 1 is 1.16 bits per heavy atom.